The van der Waals surface area contributed by atoms with Gasteiger partial charge in [0.2, 0.25) is 17.7 Å². The summed E-state index contributed by atoms with van der Waals surface area (Å²) in [7, 11) is 0. The number of aromatic nitrogens is 3. The number of pyridine rings is 2. The van der Waals surface area contributed by atoms with Gasteiger partial charge in [-0.1, -0.05) is 12.8 Å². The summed E-state index contributed by atoms with van der Waals surface area (Å²) in [5, 5.41) is 22.3. The van der Waals surface area contributed by atoms with Crippen molar-refractivity contribution in [2.24, 2.45) is 0 Å². The van der Waals surface area contributed by atoms with Gasteiger partial charge in [-0.05, 0) is 106 Å². The molecule has 70 heavy (non-hydrogen) atoms. The third kappa shape index (κ3) is 9.99. The fourth-order valence-electron chi connectivity index (χ4n) is 10.0. The van der Waals surface area contributed by atoms with Crippen LogP contribution in [0, 0.1) is 23.0 Å². The number of carbonyl (C=O) groups is 5. The van der Waals surface area contributed by atoms with Crippen molar-refractivity contribution in [1.82, 2.24) is 40.3 Å². The molecule has 0 radical (unpaired) electrons. The summed E-state index contributed by atoms with van der Waals surface area (Å²) in [6.45, 7) is 8.15. The van der Waals surface area contributed by atoms with E-state index in [0.717, 1.165) is 99.0 Å². The Kier molecular flexibility index (Phi) is 14.0. The molecule has 5 aromatic rings. The molecule has 3 aromatic heterocycles. The molecule has 7 heterocycles. The van der Waals surface area contributed by atoms with Crippen LogP contribution in [0.25, 0.3) is 16.6 Å². The Labute approximate surface area is 403 Å². The maximum atomic E-state index is 14.8. The van der Waals surface area contributed by atoms with Crippen molar-refractivity contribution in [1.29, 1.82) is 5.26 Å². The number of halogens is 2. The first kappa shape index (κ1) is 47.6. The first-order chi connectivity index (χ1) is 33.9. The molecule has 0 bridgehead atoms. The van der Waals surface area contributed by atoms with Crippen LogP contribution in [0.2, 0.25) is 0 Å². The number of carbonyl (C=O) groups excluding carboxylic acids is 5. The van der Waals surface area contributed by atoms with Gasteiger partial charge in [0.25, 0.3) is 11.8 Å². The van der Waals surface area contributed by atoms with E-state index >= 15 is 0 Å². The molecule has 5 amide bonds. The van der Waals surface area contributed by atoms with Crippen LogP contribution >= 0.6 is 0 Å². The lowest BCUT2D eigenvalue weighted by molar-refractivity contribution is -0.137. The molecule has 3 fully saturated rings. The molecular weight excluding hydrogens is 901 g/mol. The predicted octanol–water partition coefficient (Wildman–Crippen LogP) is 4.97. The normalized spacial score (nSPS) is 18.1. The van der Waals surface area contributed by atoms with Crippen LogP contribution in [-0.4, -0.2) is 124 Å². The topological polar surface area (TPSA) is 198 Å². The monoisotopic (exact) mass is 955 g/mol. The molecule has 9 rings (SSSR count). The lowest BCUT2D eigenvalue weighted by atomic mass is 9.85. The number of piperazine rings is 1. The Bertz CT molecular complexity index is 2850. The molecule has 1 atom stereocenters. The average molecular weight is 956 g/mol. The minimum absolute atomic E-state index is 0.179. The molecule has 0 saturated carbocycles. The van der Waals surface area contributed by atoms with E-state index in [-0.39, 0.29) is 37.0 Å². The first-order valence-corrected chi connectivity index (χ1v) is 24.0. The van der Waals surface area contributed by atoms with Crippen LogP contribution < -0.4 is 30.5 Å². The third-order valence-electron chi connectivity index (χ3n) is 13.9. The highest BCUT2D eigenvalue weighted by Gasteiger charge is 2.44. The van der Waals surface area contributed by atoms with Crippen molar-refractivity contribution in [2.45, 2.75) is 76.4 Å². The van der Waals surface area contributed by atoms with Gasteiger partial charge in [0.15, 0.2) is 0 Å². The number of nitrogens with zero attached hydrogens (tertiary/aromatic N) is 8. The molecule has 17 nitrogen and oxygen atoms in total. The number of imide groups is 1. The van der Waals surface area contributed by atoms with Crippen molar-refractivity contribution >= 4 is 46.6 Å². The van der Waals surface area contributed by atoms with Gasteiger partial charge >= 0.3 is 0 Å². The number of piperidine rings is 2. The number of hydrogen-bond donors (Lipinski definition) is 3. The highest BCUT2D eigenvalue weighted by Crippen LogP contribution is 2.34. The molecule has 19 heteroatoms. The van der Waals surface area contributed by atoms with Crippen molar-refractivity contribution in [3.63, 3.8) is 0 Å². The molecule has 0 aliphatic carbocycles. The number of ether oxygens (including phenoxy) is 1. The molecule has 2 aromatic carbocycles. The molecule has 3 N–H and O–H groups in total. The number of amides is 5. The maximum Gasteiger partial charge on any atom is 0.255 e. The van der Waals surface area contributed by atoms with Crippen molar-refractivity contribution < 1.29 is 37.5 Å². The van der Waals surface area contributed by atoms with E-state index in [1.807, 2.05) is 48.2 Å². The average Bonchev–Trinajstić information content (AvgIpc) is 3.94. The predicted molar refractivity (Wildman–Crippen MR) is 255 cm³/mol. The van der Waals surface area contributed by atoms with Gasteiger partial charge in [0.1, 0.15) is 40.9 Å². The molecule has 3 saturated heterocycles. The summed E-state index contributed by atoms with van der Waals surface area (Å²) in [6, 6.07) is 15.7. The fraction of sp³-hybridized carbons (Fsp3) is 0.412. The highest BCUT2D eigenvalue weighted by atomic mass is 19.1. The number of unbranched alkanes of at least 4 members (excludes halogenated alkanes) is 3. The minimum Gasteiger partial charge on any atom is -0.492 e. The van der Waals surface area contributed by atoms with Gasteiger partial charge in [0, 0.05) is 87.4 Å². The SMILES string of the molecule is CCOc1cc(-c2ccc(N3CCC(NC(=O)c4cc(F)ccc4F)(C(=O)NCCCCCCN4CCN(c5ccc6c(c5)CN(C5CCC(=O)NC5=O)C6=O)CC4)CC3)nc2)c2c(C#N)cnn2c1. The second kappa shape index (κ2) is 20.6. The van der Waals surface area contributed by atoms with Crippen molar-refractivity contribution in [3.05, 3.63) is 107 Å². The van der Waals surface area contributed by atoms with E-state index in [1.54, 1.807) is 21.8 Å². The van der Waals surface area contributed by atoms with Crippen LogP contribution in [0.3, 0.4) is 0 Å². The Morgan fingerprint density at radius 2 is 1.71 bits per heavy atom. The second-order valence-corrected chi connectivity index (χ2v) is 18.3. The number of rotatable bonds is 16. The van der Waals surface area contributed by atoms with E-state index < -0.39 is 40.6 Å². The molecule has 1 unspecified atom stereocenters. The van der Waals surface area contributed by atoms with Gasteiger partial charge in [-0.2, -0.15) is 10.4 Å². The maximum absolute atomic E-state index is 14.8. The minimum atomic E-state index is -1.39. The molecule has 4 aliphatic heterocycles. The van der Waals surface area contributed by atoms with Gasteiger partial charge in [0.05, 0.1) is 35.6 Å². The van der Waals surface area contributed by atoms with Crippen LogP contribution in [-0.2, 0) is 20.9 Å². The zero-order chi connectivity index (χ0) is 48.9. The zero-order valence-electron chi connectivity index (χ0n) is 39.0. The van der Waals surface area contributed by atoms with Gasteiger partial charge < -0.3 is 30.1 Å². The summed E-state index contributed by atoms with van der Waals surface area (Å²) in [6.07, 6.45) is 9.42. The Morgan fingerprint density at radius 3 is 2.46 bits per heavy atom. The van der Waals surface area contributed by atoms with Gasteiger partial charge in [-0.3, -0.25) is 34.2 Å². The molecule has 0 spiro atoms. The van der Waals surface area contributed by atoms with E-state index in [9.17, 15) is 38.0 Å². The van der Waals surface area contributed by atoms with E-state index in [0.29, 0.717) is 67.4 Å². The quantitative estimate of drug-likeness (QED) is 0.0889. The molecule has 4 aliphatic rings. The summed E-state index contributed by atoms with van der Waals surface area (Å²) in [5.74, 6) is -2.58. The van der Waals surface area contributed by atoms with Crippen LogP contribution in [0.1, 0.15) is 90.1 Å². The summed E-state index contributed by atoms with van der Waals surface area (Å²) in [4.78, 5) is 77.9. The first-order valence-electron chi connectivity index (χ1n) is 24.0. The van der Waals surface area contributed by atoms with E-state index in [2.05, 4.69) is 36.9 Å². The standard InChI is InChI=1S/C51H55F2N11O6/c1-2-70-38-27-40(46-35(28-54)30-57-64(46)32-38)33-7-13-44(56-29-33)62-19-15-51(16-20-62,59-47(66)41-26-36(52)8-11-42(41)53)50(69)55-17-5-3-4-6-18-60-21-23-61(24-22-60)37-9-10-39-34(25-37)31-63(49(39)68)43-12-14-45(65)58-48(43)67/h7-11,13,25-27,29-30,32,43H,2-6,12,14-24,31H2,1H3,(H,55,69)(H,59,66)(H,58,65,67). The Morgan fingerprint density at radius 1 is 0.914 bits per heavy atom. The number of benzene rings is 2. The highest BCUT2D eigenvalue weighted by molar-refractivity contribution is 6.05. The largest absolute Gasteiger partial charge is 0.492 e. The zero-order valence-corrected chi connectivity index (χ0v) is 39.0. The van der Waals surface area contributed by atoms with E-state index in [4.69, 9.17) is 9.72 Å². The van der Waals surface area contributed by atoms with Gasteiger partial charge in [-0.15, -0.1) is 0 Å². The van der Waals surface area contributed by atoms with Crippen LogP contribution in [0.15, 0.2) is 73.2 Å². The number of nitriles is 1. The second-order valence-electron chi connectivity index (χ2n) is 18.3. The number of fused-ring (bicyclic) bond motifs is 2. The lowest BCUT2D eigenvalue weighted by Gasteiger charge is -2.41. The summed E-state index contributed by atoms with van der Waals surface area (Å²) >= 11 is 0. The Hall–Kier alpha value is -7.46. The van der Waals surface area contributed by atoms with Crippen LogP contribution in [0.5, 0.6) is 5.75 Å². The van der Waals surface area contributed by atoms with Gasteiger partial charge in [-0.25, -0.2) is 18.3 Å². The lowest BCUT2D eigenvalue weighted by Crippen LogP contribution is -2.63. The smallest absolute Gasteiger partial charge is 0.255 e. The van der Waals surface area contributed by atoms with Crippen LogP contribution in [0.4, 0.5) is 20.3 Å². The van der Waals surface area contributed by atoms with Crippen molar-refractivity contribution in [3.8, 4) is 22.9 Å². The molecular formula is C51H55F2N11O6. The number of anilines is 2. The Balaban J connectivity index is 0.752. The number of nitrogens with one attached hydrogen (secondary N) is 3. The summed E-state index contributed by atoms with van der Waals surface area (Å²) in [5.41, 5.74) is 3.19. The molecule has 364 valence electrons. The number of hydrogen-bond acceptors (Lipinski definition) is 12. The van der Waals surface area contributed by atoms with E-state index in [1.165, 1.54) is 6.20 Å². The third-order valence-corrected chi connectivity index (χ3v) is 13.9. The van der Waals surface area contributed by atoms with Crippen molar-refractivity contribution in [2.75, 3.05) is 68.8 Å². The fourth-order valence-corrected chi connectivity index (χ4v) is 10.0. The summed E-state index contributed by atoms with van der Waals surface area (Å²) < 4.78 is 36.3.